The topological polar surface area (TPSA) is 63.3 Å². The molecule has 39 heavy (non-hydrogen) atoms. The van der Waals surface area contributed by atoms with Crippen LogP contribution in [0.5, 0.6) is 0 Å². The van der Waals surface area contributed by atoms with Gasteiger partial charge in [-0.15, -0.1) is 34.9 Å². The summed E-state index contributed by atoms with van der Waals surface area (Å²) in [5, 5.41) is 10.8. The summed E-state index contributed by atoms with van der Waals surface area (Å²) in [6.07, 6.45) is 6.70. The molecule has 2 heterocycles. The molecule has 0 aliphatic rings. The van der Waals surface area contributed by atoms with E-state index in [4.69, 9.17) is 4.42 Å². The molecule has 0 bridgehead atoms. The molecule has 0 aliphatic carbocycles. The zero-order valence-corrected chi connectivity index (χ0v) is 26.3. The summed E-state index contributed by atoms with van der Waals surface area (Å²) < 4.78 is 5.92. The zero-order valence-electron chi connectivity index (χ0n) is 23.9. The molecule has 2 aromatic heterocycles. The van der Waals surface area contributed by atoms with E-state index in [0.29, 0.717) is 0 Å². The minimum absolute atomic E-state index is 0. The second-order valence-electron chi connectivity index (χ2n) is 9.84. The molecule has 5 heteroatoms. The number of carbonyl (C=O) groups excluding carboxylic acids is 1. The second-order valence-corrected chi connectivity index (χ2v) is 9.84. The number of hydrogen-bond donors (Lipinski definition) is 1. The first-order chi connectivity index (χ1) is 18.3. The van der Waals surface area contributed by atoms with Crippen molar-refractivity contribution in [3.63, 3.8) is 0 Å². The van der Waals surface area contributed by atoms with Gasteiger partial charge in [-0.25, -0.2) is 0 Å². The Kier molecular flexibility index (Phi) is 12.8. The van der Waals surface area contributed by atoms with E-state index in [2.05, 4.69) is 49.2 Å². The van der Waals surface area contributed by atoms with Crippen LogP contribution in [-0.4, -0.2) is 15.9 Å². The average Bonchev–Trinajstić information content (AvgIpc) is 3.34. The Hall–Kier alpha value is -3.01. The summed E-state index contributed by atoms with van der Waals surface area (Å²) in [6.45, 7) is 12.2. The molecule has 0 spiro atoms. The molecule has 0 atom stereocenters. The van der Waals surface area contributed by atoms with Crippen molar-refractivity contribution in [1.82, 2.24) is 4.98 Å². The molecular weight excluding hydrogens is 663 g/mol. The van der Waals surface area contributed by atoms with Crippen molar-refractivity contribution < 1.29 is 34.4 Å². The summed E-state index contributed by atoms with van der Waals surface area (Å²) in [5.41, 5.74) is 6.16. The number of fused-ring (bicyclic) bond motifs is 1. The number of nitrogens with zero attached hydrogens (tertiary/aromatic N) is 1. The first-order valence-corrected chi connectivity index (χ1v) is 13.7. The number of aliphatic hydroxyl groups is 1. The number of furan rings is 1. The van der Waals surface area contributed by atoms with E-state index >= 15 is 0 Å². The van der Waals surface area contributed by atoms with Crippen molar-refractivity contribution in [3.05, 3.63) is 89.8 Å². The van der Waals surface area contributed by atoms with Gasteiger partial charge in [0.15, 0.2) is 11.4 Å². The van der Waals surface area contributed by atoms with Crippen molar-refractivity contribution in [2.45, 2.75) is 67.2 Å². The average molecular weight is 703 g/mol. The third kappa shape index (κ3) is 8.74. The summed E-state index contributed by atoms with van der Waals surface area (Å²) >= 11 is 0. The molecule has 0 fully saturated rings. The molecule has 0 unspecified atom stereocenters. The molecule has 0 aliphatic heterocycles. The number of aryl methyl sites for hydroxylation is 2. The van der Waals surface area contributed by atoms with E-state index in [0.717, 1.165) is 64.8 Å². The van der Waals surface area contributed by atoms with Gasteiger partial charge >= 0.3 is 0 Å². The number of pyridine rings is 1. The molecule has 4 nitrogen and oxygen atoms in total. The molecule has 0 saturated heterocycles. The van der Waals surface area contributed by atoms with Gasteiger partial charge in [-0.3, -0.25) is 4.79 Å². The van der Waals surface area contributed by atoms with Gasteiger partial charge in [0.2, 0.25) is 0 Å². The number of ketones is 1. The van der Waals surface area contributed by atoms with Gasteiger partial charge < -0.3 is 14.5 Å². The molecule has 2 aromatic carbocycles. The number of allylic oxidation sites excluding steroid dienone is 2. The number of carbonyl (C=O) groups is 1. The van der Waals surface area contributed by atoms with Gasteiger partial charge in [0.05, 0.1) is 12.0 Å². The van der Waals surface area contributed by atoms with Gasteiger partial charge in [0.1, 0.15) is 5.76 Å². The van der Waals surface area contributed by atoms with Crippen molar-refractivity contribution in [2.75, 3.05) is 0 Å². The number of rotatable bonds is 9. The third-order valence-corrected chi connectivity index (χ3v) is 6.97. The molecule has 1 N–H and O–H groups in total. The van der Waals surface area contributed by atoms with Crippen LogP contribution in [0.3, 0.4) is 0 Å². The van der Waals surface area contributed by atoms with Crippen LogP contribution in [0.1, 0.15) is 64.5 Å². The van der Waals surface area contributed by atoms with E-state index in [-0.39, 0.29) is 43.5 Å². The Bertz CT molecular complexity index is 1350. The normalized spacial score (nSPS) is 11.3. The Morgan fingerprint density at radius 2 is 1.59 bits per heavy atom. The number of hydrogen-bond acceptors (Lipinski definition) is 4. The molecule has 0 amide bonds. The van der Waals surface area contributed by atoms with Gasteiger partial charge in [0, 0.05) is 49.0 Å². The SMILES string of the molecule is CCC(CC)C(=O)/C=C(\O)C(CC)CC.Cc1[c-]c(-c2cc3cc(-c4ccccc4)oc3cn2)cc(C)c1.[Ir]. The standard InChI is InChI=1S/C21H16NO.C13H24O2.Ir/c1-14-8-15(2)10-17(9-14)19-11-18-12-20(23-21(18)13-22-19)16-6-4-3-5-7-16;1-5-10(6-2)12(14)9-13(15)11(7-3)8-4;/h3-9,11-13H,1-2H3;9-11,14H,5-8H2,1-4H3;/q-1;;/b;12-9-;. The third-order valence-electron chi connectivity index (χ3n) is 6.97. The van der Waals surface area contributed by atoms with Gasteiger partial charge in [-0.1, -0.05) is 77.9 Å². The van der Waals surface area contributed by atoms with Crippen LogP contribution < -0.4 is 0 Å². The molecule has 4 aromatic rings. The van der Waals surface area contributed by atoms with Crippen molar-refractivity contribution >= 4 is 16.8 Å². The Balaban J connectivity index is 0.000000294. The first-order valence-electron chi connectivity index (χ1n) is 13.7. The Labute approximate surface area is 246 Å². The number of aromatic nitrogens is 1. The maximum atomic E-state index is 11.7. The molecular formula is C34H40IrNO3-. The predicted molar refractivity (Wildman–Crippen MR) is 157 cm³/mol. The molecule has 209 valence electrons. The minimum Gasteiger partial charge on any atom is -0.512 e. The summed E-state index contributed by atoms with van der Waals surface area (Å²) in [7, 11) is 0. The fourth-order valence-electron chi connectivity index (χ4n) is 4.65. The molecule has 1 radical (unpaired) electrons. The van der Waals surface area contributed by atoms with Crippen molar-refractivity contribution in [2.24, 2.45) is 11.8 Å². The Morgan fingerprint density at radius 3 is 2.18 bits per heavy atom. The summed E-state index contributed by atoms with van der Waals surface area (Å²) in [6, 6.07) is 21.9. The quantitative estimate of drug-likeness (QED) is 0.107. The fourth-order valence-corrected chi connectivity index (χ4v) is 4.65. The number of benzene rings is 2. The van der Waals surface area contributed by atoms with Crippen LogP contribution in [0.25, 0.3) is 33.6 Å². The van der Waals surface area contributed by atoms with E-state index in [1.165, 1.54) is 11.6 Å². The van der Waals surface area contributed by atoms with Crippen LogP contribution in [0, 0.1) is 31.7 Å². The van der Waals surface area contributed by atoms with E-state index < -0.39 is 0 Å². The van der Waals surface area contributed by atoms with Gasteiger partial charge in [-0.05, 0) is 37.4 Å². The van der Waals surface area contributed by atoms with Crippen molar-refractivity contribution in [1.29, 1.82) is 0 Å². The van der Waals surface area contributed by atoms with Crippen LogP contribution in [0.2, 0.25) is 0 Å². The maximum Gasteiger partial charge on any atom is 0.162 e. The monoisotopic (exact) mass is 703 g/mol. The van der Waals surface area contributed by atoms with E-state index in [1.807, 2.05) is 58.0 Å². The summed E-state index contributed by atoms with van der Waals surface area (Å²) in [4.78, 5) is 16.3. The smallest absolute Gasteiger partial charge is 0.162 e. The van der Waals surface area contributed by atoms with Gasteiger partial charge in [0.25, 0.3) is 0 Å². The second kappa shape index (κ2) is 15.5. The van der Waals surface area contributed by atoms with E-state index in [1.54, 1.807) is 6.20 Å². The molecule has 4 rings (SSSR count). The van der Waals surface area contributed by atoms with Crippen LogP contribution in [0.15, 0.2) is 77.0 Å². The van der Waals surface area contributed by atoms with Crippen LogP contribution >= 0.6 is 0 Å². The fraction of sp³-hybridized carbons (Fsp3) is 0.353. The van der Waals surface area contributed by atoms with Gasteiger partial charge in [-0.2, -0.15) is 0 Å². The first kappa shape index (κ1) is 32.2. The van der Waals surface area contributed by atoms with Crippen LogP contribution in [-0.2, 0) is 24.9 Å². The van der Waals surface area contributed by atoms with E-state index in [9.17, 15) is 9.90 Å². The van der Waals surface area contributed by atoms with Crippen LogP contribution in [0.4, 0.5) is 0 Å². The largest absolute Gasteiger partial charge is 0.512 e. The Morgan fingerprint density at radius 1 is 0.949 bits per heavy atom. The van der Waals surface area contributed by atoms with Crippen molar-refractivity contribution in [3.8, 4) is 22.6 Å². The number of aliphatic hydroxyl groups excluding tert-OH is 1. The summed E-state index contributed by atoms with van der Waals surface area (Å²) in [5.74, 6) is 1.41. The zero-order chi connectivity index (χ0) is 27.7. The maximum absolute atomic E-state index is 11.7. The minimum atomic E-state index is 0. The predicted octanol–water partition coefficient (Wildman–Crippen LogP) is 9.45. The molecule has 0 saturated carbocycles.